The van der Waals surface area contributed by atoms with E-state index in [0.717, 1.165) is 23.4 Å². The van der Waals surface area contributed by atoms with Gasteiger partial charge >= 0.3 is 0 Å². The molecule has 6 nitrogen and oxygen atoms in total. The highest BCUT2D eigenvalue weighted by molar-refractivity contribution is 6.05. The van der Waals surface area contributed by atoms with Gasteiger partial charge < -0.3 is 15.5 Å². The third kappa shape index (κ3) is 5.12. The van der Waals surface area contributed by atoms with Crippen molar-refractivity contribution in [1.29, 1.82) is 0 Å². The molecule has 0 unspecified atom stereocenters. The van der Waals surface area contributed by atoms with Crippen molar-refractivity contribution in [1.82, 2.24) is 15.2 Å². The number of nitrogens with zero attached hydrogens (tertiary/aromatic N) is 2. The summed E-state index contributed by atoms with van der Waals surface area (Å²) in [5.41, 5.74) is 3.47. The minimum atomic E-state index is -0.336. The second-order valence-corrected chi connectivity index (χ2v) is 6.19. The molecule has 0 atom stereocenters. The number of aromatic nitrogens is 1. The molecule has 0 saturated heterocycles. The number of hydrogen-bond donors (Lipinski definition) is 2. The molecule has 2 rings (SSSR count). The molecule has 2 N–H and O–H groups in total. The molecule has 2 amide bonds. The fourth-order valence-corrected chi connectivity index (χ4v) is 2.26. The largest absolute Gasteiger partial charge is 0.351 e. The van der Waals surface area contributed by atoms with Gasteiger partial charge in [-0.15, -0.1) is 0 Å². The molecule has 0 bridgehead atoms. The second kappa shape index (κ2) is 8.39. The average Bonchev–Trinajstić information content (AvgIpc) is 2.58. The van der Waals surface area contributed by atoms with Crippen molar-refractivity contribution in [2.75, 3.05) is 32.5 Å². The molecule has 132 valence electrons. The molecule has 0 saturated carbocycles. The van der Waals surface area contributed by atoms with Crippen molar-refractivity contribution in [2.45, 2.75) is 13.8 Å². The lowest BCUT2D eigenvalue weighted by molar-refractivity contribution is 0.0951. The van der Waals surface area contributed by atoms with E-state index >= 15 is 0 Å². The molecule has 0 radical (unpaired) electrons. The maximum absolute atomic E-state index is 12.4. The molecule has 1 heterocycles. The molecule has 0 aliphatic rings. The molecule has 0 aliphatic carbocycles. The quantitative estimate of drug-likeness (QED) is 0.846. The zero-order valence-electron chi connectivity index (χ0n) is 15.1. The zero-order chi connectivity index (χ0) is 18.4. The van der Waals surface area contributed by atoms with Gasteiger partial charge in [0.25, 0.3) is 11.8 Å². The van der Waals surface area contributed by atoms with E-state index in [2.05, 4.69) is 15.6 Å². The van der Waals surface area contributed by atoms with Gasteiger partial charge in [0, 0.05) is 30.5 Å². The van der Waals surface area contributed by atoms with Gasteiger partial charge in [0.1, 0.15) is 5.69 Å². The summed E-state index contributed by atoms with van der Waals surface area (Å²) in [6.45, 7) is 5.23. The Morgan fingerprint density at radius 1 is 1.12 bits per heavy atom. The zero-order valence-corrected chi connectivity index (χ0v) is 15.1. The Balaban J connectivity index is 2.08. The monoisotopic (exact) mass is 340 g/mol. The average molecular weight is 340 g/mol. The maximum Gasteiger partial charge on any atom is 0.274 e. The molecule has 1 aromatic carbocycles. The highest BCUT2D eigenvalue weighted by Crippen LogP contribution is 2.18. The summed E-state index contributed by atoms with van der Waals surface area (Å²) in [6, 6.07) is 8.82. The predicted octanol–water partition coefficient (Wildman–Crippen LogP) is 2.24. The summed E-state index contributed by atoms with van der Waals surface area (Å²) < 4.78 is 0. The standard InChI is InChI=1S/C19H24N4O2/c1-13-6-5-7-16(14(13)2)22-19(25)17-12-15(8-9-20-17)18(24)21-10-11-23(3)4/h5-9,12H,10-11H2,1-4H3,(H,21,24)(H,22,25). The van der Waals surface area contributed by atoms with E-state index in [1.54, 1.807) is 6.07 Å². The van der Waals surface area contributed by atoms with Crippen LogP contribution in [0.5, 0.6) is 0 Å². The first kappa shape index (κ1) is 18.6. The Morgan fingerprint density at radius 2 is 1.88 bits per heavy atom. The Kier molecular flexibility index (Phi) is 6.25. The van der Waals surface area contributed by atoms with Crippen LogP contribution in [0.3, 0.4) is 0 Å². The van der Waals surface area contributed by atoms with E-state index in [1.165, 1.54) is 12.3 Å². The molecule has 0 aliphatic heterocycles. The van der Waals surface area contributed by atoms with Gasteiger partial charge in [-0.1, -0.05) is 12.1 Å². The van der Waals surface area contributed by atoms with E-state index in [0.29, 0.717) is 12.1 Å². The molecule has 2 aromatic rings. The van der Waals surface area contributed by atoms with Gasteiger partial charge in [-0.2, -0.15) is 0 Å². The summed E-state index contributed by atoms with van der Waals surface area (Å²) in [5, 5.41) is 5.67. The number of nitrogens with one attached hydrogen (secondary N) is 2. The van der Waals surface area contributed by atoms with Gasteiger partial charge in [0.2, 0.25) is 0 Å². The smallest absolute Gasteiger partial charge is 0.274 e. The van der Waals surface area contributed by atoms with Gasteiger partial charge in [-0.25, -0.2) is 0 Å². The van der Waals surface area contributed by atoms with Crippen LogP contribution in [0.1, 0.15) is 32.0 Å². The molecule has 6 heteroatoms. The van der Waals surface area contributed by atoms with Crippen LogP contribution in [0.2, 0.25) is 0 Å². The highest BCUT2D eigenvalue weighted by atomic mass is 16.2. The Morgan fingerprint density at radius 3 is 2.60 bits per heavy atom. The van der Waals surface area contributed by atoms with Crippen LogP contribution < -0.4 is 10.6 Å². The van der Waals surface area contributed by atoms with Crippen molar-refractivity contribution in [2.24, 2.45) is 0 Å². The van der Waals surface area contributed by atoms with Gasteiger partial charge in [-0.3, -0.25) is 14.6 Å². The SMILES string of the molecule is Cc1cccc(NC(=O)c2cc(C(=O)NCCN(C)C)ccn2)c1C. The van der Waals surface area contributed by atoms with Crippen molar-refractivity contribution >= 4 is 17.5 Å². The Hall–Kier alpha value is -2.73. The number of aryl methyl sites for hydroxylation is 1. The Labute approximate surface area is 148 Å². The predicted molar refractivity (Wildman–Crippen MR) is 99.0 cm³/mol. The van der Waals surface area contributed by atoms with E-state index < -0.39 is 0 Å². The number of carbonyl (C=O) groups is 2. The molecule has 0 fully saturated rings. The number of carbonyl (C=O) groups excluding carboxylic acids is 2. The molecular weight excluding hydrogens is 316 g/mol. The second-order valence-electron chi connectivity index (χ2n) is 6.19. The number of amides is 2. The summed E-state index contributed by atoms with van der Waals surface area (Å²) >= 11 is 0. The number of hydrogen-bond acceptors (Lipinski definition) is 4. The topological polar surface area (TPSA) is 74.3 Å². The van der Waals surface area contributed by atoms with Gasteiger partial charge in [0.05, 0.1) is 0 Å². The van der Waals surface area contributed by atoms with Crippen molar-refractivity contribution in [3.63, 3.8) is 0 Å². The first-order valence-electron chi connectivity index (χ1n) is 8.15. The maximum atomic E-state index is 12.4. The molecular formula is C19H24N4O2. The first-order chi connectivity index (χ1) is 11.9. The summed E-state index contributed by atoms with van der Waals surface area (Å²) in [6.07, 6.45) is 1.47. The van der Waals surface area contributed by atoms with E-state index in [1.807, 2.05) is 51.0 Å². The number of anilines is 1. The summed E-state index contributed by atoms with van der Waals surface area (Å²) in [4.78, 5) is 30.7. The Bertz CT molecular complexity index is 772. The number of benzene rings is 1. The van der Waals surface area contributed by atoms with Crippen LogP contribution >= 0.6 is 0 Å². The lowest BCUT2D eigenvalue weighted by Crippen LogP contribution is -2.31. The minimum absolute atomic E-state index is 0.209. The lowest BCUT2D eigenvalue weighted by Gasteiger charge is -2.11. The molecule has 25 heavy (non-hydrogen) atoms. The van der Waals surface area contributed by atoms with Crippen molar-refractivity contribution in [3.8, 4) is 0 Å². The summed E-state index contributed by atoms with van der Waals surface area (Å²) in [7, 11) is 3.88. The molecule has 1 aromatic heterocycles. The summed E-state index contributed by atoms with van der Waals surface area (Å²) in [5.74, 6) is -0.554. The van der Waals surface area contributed by atoms with Crippen LogP contribution in [-0.4, -0.2) is 48.9 Å². The third-order valence-electron chi connectivity index (χ3n) is 3.95. The van der Waals surface area contributed by atoms with Crippen molar-refractivity contribution in [3.05, 3.63) is 58.9 Å². The van der Waals surface area contributed by atoms with Crippen LogP contribution in [0.15, 0.2) is 36.5 Å². The number of pyridine rings is 1. The van der Waals surface area contributed by atoms with E-state index in [9.17, 15) is 9.59 Å². The highest BCUT2D eigenvalue weighted by Gasteiger charge is 2.13. The van der Waals surface area contributed by atoms with Gasteiger partial charge in [-0.05, 0) is 57.3 Å². The third-order valence-corrected chi connectivity index (χ3v) is 3.95. The number of likely N-dealkylation sites (N-methyl/N-ethyl adjacent to an activating group) is 1. The molecule has 0 spiro atoms. The van der Waals surface area contributed by atoms with Crippen LogP contribution in [0.4, 0.5) is 5.69 Å². The van der Waals surface area contributed by atoms with Crippen molar-refractivity contribution < 1.29 is 9.59 Å². The fraction of sp³-hybridized carbons (Fsp3) is 0.316. The van der Waals surface area contributed by atoms with Crippen LogP contribution in [0.25, 0.3) is 0 Å². The normalized spacial score (nSPS) is 10.6. The van der Waals surface area contributed by atoms with Crippen LogP contribution in [0, 0.1) is 13.8 Å². The fourth-order valence-electron chi connectivity index (χ4n) is 2.26. The van der Waals surface area contributed by atoms with E-state index in [-0.39, 0.29) is 17.5 Å². The van der Waals surface area contributed by atoms with E-state index in [4.69, 9.17) is 0 Å². The van der Waals surface area contributed by atoms with Gasteiger partial charge in [0.15, 0.2) is 0 Å². The first-order valence-corrected chi connectivity index (χ1v) is 8.15. The lowest BCUT2D eigenvalue weighted by atomic mass is 10.1. The van der Waals surface area contributed by atoms with Crippen LogP contribution in [-0.2, 0) is 0 Å². The number of rotatable bonds is 6. The minimum Gasteiger partial charge on any atom is -0.351 e.